The highest BCUT2D eigenvalue weighted by Gasteiger charge is 2.27. The van der Waals surface area contributed by atoms with Crippen molar-refractivity contribution in [3.05, 3.63) is 109 Å². The average Bonchev–Trinajstić information content (AvgIpc) is 3.21. The fourth-order valence-corrected chi connectivity index (χ4v) is 5.94. The lowest BCUT2D eigenvalue weighted by Crippen LogP contribution is -2.34. The molecule has 4 N–H and O–H groups in total. The first-order valence-electron chi connectivity index (χ1n) is 21.9. The molecule has 0 aliphatic heterocycles. The van der Waals surface area contributed by atoms with Crippen molar-refractivity contribution >= 4 is 19.8 Å². The Morgan fingerprint density at radius 1 is 0.559 bits per heavy atom. The van der Waals surface area contributed by atoms with Crippen LogP contribution in [0.3, 0.4) is 0 Å². The van der Waals surface area contributed by atoms with Gasteiger partial charge in [0, 0.05) is 13.0 Å². The molecule has 10 nitrogen and oxygen atoms in total. The quantitative estimate of drug-likeness (QED) is 0.0235. The van der Waals surface area contributed by atoms with Crippen LogP contribution >= 0.6 is 7.82 Å². The van der Waals surface area contributed by atoms with Gasteiger partial charge in [-0.2, -0.15) is 0 Å². The minimum absolute atomic E-state index is 0.0216. The van der Waals surface area contributed by atoms with Crippen molar-refractivity contribution in [3.8, 4) is 0 Å². The second kappa shape index (κ2) is 42.7. The van der Waals surface area contributed by atoms with Crippen LogP contribution in [-0.4, -0.2) is 60.5 Å². The van der Waals surface area contributed by atoms with Gasteiger partial charge in [-0.1, -0.05) is 155 Å². The molecule has 0 saturated carbocycles. The zero-order chi connectivity index (χ0) is 43.3. The number of hydrogen-bond acceptors (Lipinski definition) is 8. The first-order valence-corrected chi connectivity index (χ1v) is 23.4. The molecule has 0 aliphatic carbocycles. The highest BCUT2D eigenvalue weighted by Crippen LogP contribution is 2.43. The monoisotopic (exact) mass is 844 g/mol. The number of carbonyl (C=O) groups excluding carboxylic acids is 1. The summed E-state index contributed by atoms with van der Waals surface area (Å²) in [5.41, 5.74) is 5.35. The number of allylic oxidation sites excluding steroid dienone is 18. The molecule has 0 aromatic carbocycles. The van der Waals surface area contributed by atoms with Crippen molar-refractivity contribution in [2.45, 2.75) is 154 Å². The van der Waals surface area contributed by atoms with Gasteiger partial charge in [0.2, 0.25) is 0 Å². The van der Waals surface area contributed by atoms with E-state index in [1.165, 1.54) is 19.3 Å². The van der Waals surface area contributed by atoms with Crippen LogP contribution in [0.25, 0.3) is 0 Å². The van der Waals surface area contributed by atoms with Crippen molar-refractivity contribution in [2.24, 2.45) is 5.73 Å². The second-order valence-corrected chi connectivity index (χ2v) is 15.5. The molecule has 0 fully saturated rings. The number of nitrogens with two attached hydrogens (primary N) is 1. The molecule has 0 spiro atoms. The minimum Gasteiger partial charge on any atom is -0.480 e. The van der Waals surface area contributed by atoms with E-state index in [2.05, 4.69) is 117 Å². The van der Waals surface area contributed by atoms with Gasteiger partial charge in [-0.05, 0) is 89.9 Å². The van der Waals surface area contributed by atoms with Crippen LogP contribution in [0.15, 0.2) is 109 Å². The summed E-state index contributed by atoms with van der Waals surface area (Å²) in [6.45, 7) is 3.57. The maximum absolute atomic E-state index is 12.6. The number of aliphatic carboxylic acids is 1. The number of carbonyl (C=O) groups is 2. The number of carboxylic acids is 1. The molecule has 0 aromatic rings. The molecule has 11 heteroatoms. The lowest BCUT2D eigenvalue weighted by Gasteiger charge is -2.20. The average molecular weight is 844 g/mol. The fourth-order valence-electron chi connectivity index (χ4n) is 5.16. The molecule has 0 heterocycles. The summed E-state index contributed by atoms with van der Waals surface area (Å²) < 4.78 is 33.3. The molecular formula is C48H78NO9P. The van der Waals surface area contributed by atoms with Gasteiger partial charge in [0.1, 0.15) is 12.1 Å². The molecule has 0 aromatic heterocycles. The summed E-state index contributed by atoms with van der Waals surface area (Å²) >= 11 is 0. The summed E-state index contributed by atoms with van der Waals surface area (Å²) in [4.78, 5) is 33.5. The highest BCUT2D eigenvalue weighted by molar-refractivity contribution is 7.47. The summed E-state index contributed by atoms with van der Waals surface area (Å²) in [5, 5.41) is 8.90. The molecule has 334 valence electrons. The van der Waals surface area contributed by atoms with E-state index in [1.807, 2.05) is 6.08 Å². The van der Waals surface area contributed by atoms with E-state index < -0.39 is 45.1 Å². The van der Waals surface area contributed by atoms with Gasteiger partial charge in [0.25, 0.3) is 0 Å². The first-order chi connectivity index (χ1) is 28.7. The number of hydrogen-bond donors (Lipinski definition) is 3. The Morgan fingerprint density at radius 3 is 1.47 bits per heavy atom. The third-order valence-electron chi connectivity index (χ3n) is 8.52. The normalized spacial score (nSPS) is 14.9. The van der Waals surface area contributed by atoms with Crippen molar-refractivity contribution in [2.75, 3.05) is 26.4 Å². The summed E-state index contributed by atoms with van der Waals surface area (Å²) in [6, 6.07) is -1.49. The number of phosphoric acid groups is 1. The lowest BCUT2D eigenvalue weighted by molar-refractivity contribution is -0.154. The predicted octanol–water partition coefficient (Wildman–Crippen LogP) is 12.3. The smallest absolute Gasteiger partial charge is 0.472 e. The van der Waals surface area contributed by atoms with Crippen LogP contribution in [0.1, 0.15) is 142 Å². The molecular weight excluding hydrogens is 766 g/mol. The van der Waals surface area contributed by atoms with Crippen molar-refractivity contribution in [3.63, 3.8) is 0 Å². The summed E-state index contributed by atoms with van der Waals surface area (Å²) in [7, 11) is -4.64. The number of carboxylic acid groups (broad SMARTS) is 1. The third kappa shape index (κ3) is 42.6. The fraction of sp³-hybridized carbons (Fsp3) is 0.583. The maximum atomic E-state index is 12.6. The predicted molar refractivity (Wildman–Crippen MR) is 244 cm³/mol. The standard InChI is InChI=1S/C48H78NO9P/c1-3-5-7-9-11-13-15-17-19-20-21-22-23-24-25-26-27-28-30-32-34-36-38-40-47(50)58-45(43-56-59(53,54)57-44-46(49)48(51)52)42-55-41-39-37-35-33-31-29-18-16-14-12-10-8-6-4-2/h5,7-8,10-11,13-14,16-17,19,21-22,24-25,27-28,32,34,45-46H,3-4,6,9,12,15,18,20,23,26,29-31,33,35-44,49H2,1-2H3,(H,51,52)(H,53,54)/b7-5-,10-8-,13-11-,16-14-,19-17-,22-21-,25-24-,28-27-,34-32-. The van der Waals surface area contributed by atoms with Crippen LogP contribution in [-0.2, 0) is 32.7 Å². The molecule has 59 heavy (non-hydrogen) atoms. The van der Waals surface area contributed by atoms with Gasteiger partial charge in [-0.15, -0.1) is 0 Å². The highest BCUT2D eigenvalue weighted by atomic mass is 31.2. The molecule has 3 unspecified atom stereocenters. The molecule has 0 saturated heterocycles. The van der Waals surface area contributed by atoms with Crippen molar-refractivity contribution in [1.29, 1.82) is 0 Å². The van der Waals surface area contributed by atoms with Gasteiger partial charge < -0.3 is 25.2 Å². The van der Waals surface area contributed by atoms with Crippen LogP contribution < -0.4 is 5.73 Å². The van der Waals surface area contributed by atoms with E-state index in [1.54, 1.807) is 0 Å². The van der Waals surface area contributed by atoms with E-state index in [4.69, 9.17) is 29.4 Å². The number of unbranched alkanes of at least 4 members (excludes halogenated alkanes) is 8. The first kappa shape index (κ1) is 55.6. The van der Waals surface area contributed by atoms with Gasteiger partial charge in [-0.3, -0.25) is 18.6 Å². The number of rotatable bonds is 40. The van der Waals surface area contributed by atoms with Crippen molar-refractivity contribution in [1.82, 2.24) is 0 Å². The molecule has 0 rings (SSSR count). The van der Waals surface area contributed by atoms with E-state index in [-0.39, 0.29) is 13.0 Å². The van der Waals surface area contributed by atoms with Crippen LogP contribution in [0, 0.1) is 0 Å². The Morgan fingerprint density at radius 2 is 0.983 bits per heavy atom. The van der Waals surface area contributed by atoms with E-state index >= 15 is 0 Å². The number of ether oxygens (including phenoxy) is 2. The summed E-state index contributed by atoms with van der Waals surface area (Å²) in [5.74, 6) is -1.86. The van der Waals surface area contributed by atoms with Crippen LogP contribution in [0.4, 0.5) is 0 Å². The Labute approximate surface area is 357 Å². The SMILES string of the molecule is CC/C=C\C/C=C\C/C=C\C/C=C\C/C=C\C/C=C\C/C=C\CCCC(=O)OC(COCCCCCCCC/C=C\C/C=C\CCC)COP(=O)(O)OCC(N)C(=O)O. The molecule has 3 atom stereocenters. The Bertz CT molecular complexity index is 1350. The Kier molecular flexibility index (Phi) is 40.3. The summed E-state index contributed by atoms with van der Waals surface area (Å²) in [6.07, 6.45) is 57.2. The maximum Gasteiger partial charge on any atom is 0.472 e. The van der Waals surface area contributed by atoms with Gasteiger partial charge >= 0.3 is 19.8 Å². The minimum atomic E-state index is -4.64. The number of esters is 1. The van der Waals surface area contributed by atoms with Gasteiger partial charge in [0.05, 0.1) is 19.8 Å². The van der Waals surface area contributed by atoms with Gasteiger partial charge in [0.15, 0.2) is 0 Å². The third-order valence-corrected chi connectivity index (χ3v) is 9.47. The van der Waals surface area contributed by atoms with Crippen LogP contribution in [0.2, 0.25) is 0 Å². The number of phosphoric ester groups is 1. The van der Waals surface area contributed by atoms with E-state index in [9.17, 15) is 19.0 Å². The molecule has 0 amide bonds. The van der Waals surface area contributed by atoms with Crippen LogP contribution in [0.5, 0.6) is 0 Å². The molecule has 0 radical (unpaired) electrons. The van der Waals surface area contributed by atoms with Gasteiger partial charge in [-0.25, -0.2) is 4.57 Å². The zero-order valence-corrected chi connectivity index (χ0v) is 37.2. The lowest BCUT2D eigenvalue weighted by atomic mass is 10.1. The molecule has 0 aliphatic rings. The zero-order valence-electron chi connectivity index (χ0n) is 36.3. The van der Waals surface area contributed by atoms with E-state index in [0.29, 0.717) is 19.4 Å². The van der Waals surface area contributed by atoms with E-state index in [0.717, 1.165) is 89.9 Å². The second-order valence-electron chi connectivity index (χ2n) is 14.1. The van der Waals surface area contributed by atoms with Crippen molar-refractivity contribution < 1.29 is 42.7 Å². The Hall–Kier alpha value is -3.37. The molecule has 0 bridgehead atoms. The topological polar surface area (TPSA) is 155 Å². The Balaban J connectivity index is 4.39. The largest absolute Gasteiger partial charge is 0.480 e.